The van der Waals surface area contributed by atoms with E-state index in [1.54, 1.807) is 4.90 Å². The predicted octanol–water partition coefficient (Wildman–Crippen LogP) is 2.88. The summed E-state index contributed by atoms with van der Waals surface area (Å²) >= 11 is 0. The Morgan fingerprint density at radius 2 is 1.59 bits per heavy atom. The van der Waals surface area contributed by atoms with E-state index in [9.17, 15) is 14.4 Å². The van der Waals surface area contributed by atoms with Gasteiger partial charge in [-0.25, -0.2) is 4.79 Å². The molecule has 4 rings (SSSR count). The van der Waals surface area contributed by atoms with Crippen molar-refractivity contribution in [2.24, 2.45) is 0 Å². The number of carbonyl (C=O) groups is 3. The third kappa shape index (κ3) is 3.28. The summed E-state index contributed by atoms with van der Waals surface area (Å²) in [5.74, 6) is -0.601. The molecule has 6 nitrogen and oxygen atoms in total. The summed E-state index contributed by atoms with van der Waals surface area (Å²) in [5, 5.41) is 2.89. The number of nitrogens with zero attached hydrogens (tertiary/aromatic N) is 2. The number of imide groups is 1. The quantitative estimate of drug-likeness (QED) is 0.815. The van der Waals surface area contributed by atoms with Crippen LogP contribution in [-0.4, -0.2) is 46.8 Å². The second-order valence-corrected chi connectivity index (χ2v) is 7.74. The van der Waals surface area contributed by atoms with Crippen molar-refractivity contribution in [1.82, 2.24) is 15.1 Å². The highest BCUT2D eigenvalue weighted by molar-refractivity contribution is 6.11. The van der Waals surface area contributed by atoms with Gasteiger partial charge in [0.05, 0.1) is 0 Å². The van der Waals surface area contributed by atoms with Gasteiger partial charge in [-0.05, 0) is 37.3 Å². The van der Waals surface area contributed by atoms with Crippen molar-refractivity contribution < 1.29 is 14.4 Å². The van der Waals surface area contributed by atoms with Crippen LogP contribution in [0.3, 0.4) is 0 Å². The van der Waals surface area contributed by atoms with Gasteiger partial charge in [0.2, 0.25) is 5.91 Å². The lowest BCUT2D eigenvalue weighted by Crippen LogP contribution is -2.49. The smallest absolute Gasteiger partial charge is 0.326 e. The number of urea groups is 1. The topological polar surface area (TPSA) is 69.7 Å². The summed E-state index contributed by atoms with van der Waals surface area (Å²) in [6, 6.07) is 18.0. The van der Waals surface area contributed by atoms with Gasteiger partial charge in [0.1, 0.15) is 6.54 Å². The highest BCUT2D eigenvalue weighted by Crippen LogP contribution is 2.36. The lowest BCUT2D eigenvalue weighted by atomic mass is 9.82. The van der Waals surface area contributed by atoms with E-state index in [4.69, 9.17) is 0 Å². The van der Waals surface area contributed by atoms with Gasteiger partial charge in [0.25, 0.3) is 5.91 Å². The molecule has 2 heterocycles. The first-order valence-electron chi connectivity index (χ1n) is 10.1. The molecular weight excluding hydrogens is 366 g/mol. The Morgan fingerprint density at radius 1 is 1.00 bits per heavy atom. The van der Waals surface area contributed by atoms with E-state index in [-0.39, 0.29) is 18.5 Å². The van der Waals surface area contributed by atoms with E-state index in [0.717, 1.165) is 24.2 Å². The van der Waals surface area contributed by atoms with Gasteiger partial charge in [-0.3, -0.25) is 14.5 Å². The Labute approximate surface area is 170 Å². The van der Waals surface area contributed by atoms with Crippen LogP contribution in [0.1, 0.15) is 37.3 Å². The molecule has 0 radical (unpaired) electrons. The second kappa shape index (κ2) is 7.70. The largest absolute Gasteiger partial charge is 0.338 e. The zero-order chi connectivity index (χ0) is 20.4. The highest BCUT2D eigenvalue weighted by Gasteiger charge is 2.54. The molecule has 2 aliphatic rings. The summed E-state index contributed by atoms with van der Waals surface area (Å²) < 4.78 is 0. The molecule has 0 bridgehead atoms. The van der Waals surface area contributed by atoms with E-state index < -0.39 is 17.5 Å². The van der Waals surface area contributed by atoms with Crippen LogP contribution in [0.15, 0.2) is 60.7 Å². The molecule has 6 heteroatoms. The van der Waals surface area contributed by atoms with Crippen LogP contribution >= 0.6 is 0 Å². The van der Waals surface area contributed by atoms with Gasteiger partial charge in [0.15, 0.2) is 5.54 Å². The molecule has 2 aromatic carbocycles. The van der Waals surface area contributed by atoms with Crippen molar-refractivity contribution in [3.05, 3.63) is 71.8 Å². The summed E-state index contributed by atoms with van der Waals surface area (Å²) in [5.41, 5.74) is 0.0182. The number of likely N-dealkylation sites (tertiary alicyclic amines) is 1. The monoisotopic (exact) mass is 391 g/mol. The summed E-state index contributed by atoms with van der Waals surface area (Å²) in [7, 11) is 0. The number of piperidine rings is 1. The molecule has 2 aromatic rings. The minimum Gasteiger partial charge on any atom is -0.338 e. The molecule has 2 aliphatic heterocycles. The molecule has 4 amide bonds. The maximum atomic E-state index is 13.6. The number of carbonyl (C=O) groups excluding carboxylic acids is 3. The molecule has 0 aliphatic carbocycles. The van der Waals surface area contributed by atoms with E-state index in [1.807, 2.05) is 67.6 Å². The van der Waals surface area contributed by atoms with Crippen LogP contribution in [0.4, 0.5) is 4.79 Å². The number of nitrogens with one attached hydrogen (secondary N) is 1. The van der Waals surface area contributed by atoms with Gasteiger partial charge in [0, 0.05) is 12.6 Å². The van der Waals surface area contributed by atoms with Gasteiger partial charge in [-0.1, -0.05) is 60.7 Å². The van der Waals surface area contributed by atoms with Crippen molar-refractivity contribution in [3.63, 3.8) is 0 Å². The fourth-order valence-electron chi connectivity index (χ4n) is 4.35. The Hall–Kier alpha value is -3.15. The van der Waals surface area contributed by atoms with Crippen molar-refractivity contribution in [2.75, 3.05) is 13.1 Å². The molecule has 150 valence electrons. The molecule has 29 heavy (non-hydrogen) atoms. The first kappa shape index (κ1) is 19.2. The van der Waals surface area contributed by atoms with Crippen molar-refractivity contribution in [1.29, 1.82) is 0 Å². The minimum atomic E-state index is -1.33. The predicted molar refractivity (Wildman–Crippen MR) is 109 cm³/mol. The van der Waals surface area contributed by atoms with Gasteiger partial charge < -0.3 is 10.2 Å². The average molecular weight is 391 g/mol. The van der Waals surface area contributed by atoms with Gasteiger partial charge >= 0.3 is 6.03 Å². The highest BCUT2D eigenvalue weighted by atomic mass is 16.2. The molecule has 0 saturated carbocycles. The molecule has 1 unspecified atom stereocenters. The standard InChI is InChI=1S/C23H25N3O3/c1-17-10-8-9-15-25(17)20(27)16-26-21(28)23(24-22(26)29,18-11-4-2-5-12-18)19-13-6-3-7-14-19/h2-7,11-14,17H,8-10,15-16H2,1H3,(H,24,29). The number of rotatable bonds is 4. The van der Waals surface area contributed by atoms with Crippen LogP contribution in [0.25, 0.3) is 0 Å². The van der Waals surface area contributed by atoms with E-state index >= 15 is 0 Å². The molecule has 0 aromatic heterocycles. The van der Waals surface area contributed by atoms with Crippen molar-refractivity contribution in [2.45, 2.75) is 37.8 Å². The summed E-state index contributed by atoms with van der Waals surface area (Å²) in [6.45, 7) is 2.45. The Kier molecular flexibility index (Phi) is 5.09. The van der Waals surface area contributed by atoms with Crippen LogP contribution < -0.4 is 5.32 Å². The third-order valence-corrected chi connectivity index (χ3v) is 5.94. The Balaban J connectivity index is 1.68. The summed E-state index contributed by atoms with van der Waals surface area (Å²) in [6.07, 6.45) is 3.00. The number of hydrogen-bond donors (Lipinski definition) is 1. The van der Waals surface area contributed by atoms with Crippen LogP contribution in [-0.2, 0) is 15.1 Å². The normalized spacial score (nSPS) is 21.2. The first-order valence-corrected chi connectivity index (χ1v) is 10.1. The number of hydrogen-bond acceptors (Lipinski definition) is 3. The molecule has 2 fully saturated rings. The lowest BCUT2D eigenvalue weighted by molar-refractivity contribution is -0.140. The maximum absolute atomic E-state index is 13.6. The first-order chi connectivity index (χ1) is 14.0. The lowest BCUT2D eigenvalue weighted by Gasteiger charge is -2.34. The van der Waals surface area contributed by atoms with E-state index in [1.165, 1.54) is 0 Å². The maximum Gasteiger partial charge on any atom is 0.326 e. The zero-order valence-corrected chi connectivity index (χ0v) is 16.5. The average Bonchev–Trinajstić information content (AvgIpc) is 3.01. The van der Waals surface area contributed by atoms with Gasteiger partial charge in [-0.15, -0.1) is 0 Å². The molecule has 0 spiro atoms. The number of amides is 4. The minimum absolute atomic E-state index is 0.130. The molecule has 2 saturated heterocycles. The van der Waals surface area contributed by atoms with Crippen molar-refractivity contribution in [3.8, 4) is 0 Å². The Morgan fingerprint density at radius 3 is 2.14 bits per heavy atom. The molecule has 1 N–H and O–H groups in total. The van der Waals surface area contributed by atoms with Gasteiger partial charge in [-0.2, -0.15) is 0 Å². The molecular formula is C23H25N3O3. The second-order valence-electron chi connectivity index (χ2n) is 7.74. The SMILES string of the molecule is CC1CCCCN1C(=O)CN1C(=O)NC(c2ccccc2)(c2ccccc2)C1=O. The fourth-order valence-corrected chi connectivity index (χ4v) is 4.35. The van der Waals surface area contributed by atoms with E-state index in [0.29, 0.717) is 17.7 Å². The van der Waals surface area contributed by atoms with Crippen LogP contribution in [0, 0.1) is 0 Å². The zero-order valence-electron chi connectivity index (χ0n) is 16.5. The van der Waals surface area contributed by atoms with Crippen molar-refractivity contribution >= 4 is 17.8 Å². The Bertz CT molecular complexity index is 874. The third-order valence-electron chi connectivity index (χ3n) is 5.94. The summed E-state index contributed by atoms with van der Waals surface area (Å²) in [4.78, 5) is 42.2. The van der Waals surface area contributed by atoms with E-state index in [2.05, 4.69) is 5.32 Å². The fraction of sp³-hybridized carbons (Fsp3) is 0.348. The van der Waals surface area contributed by atoms with Crippen LogP contribution in [0.5, 0.6) is 0 Å². The number of benzene rings is 2. The molecule has 1 atom stereocenters. The van der Waals surface area contributed by atoms with Crippen LogP contribution in [0.2, 0.25) is 0 Å².